The SMILES string of the molecule is Cn1c2ccc(OCc3ccccc3)cc2c2c3c(c4c5cc(OCc6ccccc6)ccc5[nH]c4c21)C(=O)NC3=O. The largest absolute Gasteiger partial charge is 0.489 e. The van der Waals surface area contributed by atoms with Crippen molar-refractivity contribution in [3.8, 4) is 11.5 Å². The van der Waals surface area contributed by atoms with Crippen LogP contribution in [0.25, 0.3) is 43.6 Å². The number of aromatic amines is 1. The van der Waals surface area contributed by atoms with E-state index in [1.807, 2.05) is 104 Å². The summed E-state index contributed by atoms with van der Waals surface area (Å²) >= 11 is 0. The van der Waals surface area contributed by atoms with E-state index in [1.54, 1.807) is 0 Å². The number of rotatable bonds is 6. The van der Waals surface area contributed by atoms with E-state index in [2.05, 4.69) is 14.9 Å². The van der Waals surface area contributed by atoms with Crippen molar-refractivity contribution in [1.82, 2.24) is 14.9 Å². The third-order valence-corrected chi connectivity index (χ3v) is 8.11. The van der Waals surface area contributed by atoms with Gasteiger partial charge in [0, 0.05) is 39.6 Å². The molecule has 1 aliphatic rings. The van der Waals surface area contributed by atoms with Gasteiger partial charge in [0.15, 0.2) is 0 Å². The third kappa shape index (κ3) is 3.67. The molecule has 3 heterocycles. The summed E-state index contributed by atoms with van der Waals surface area (Å²) in [5.41, 5.74) is 6.35. The van der Waals surface area contributed by atoms with Gasteiger partial charge in [-0.25, -0.2) is 0 Å². The van der Waals surface area contributed by atoms with Gasteiger partial charge in [0.25, 0.3) is 11.8 Å². The number of carbonyl (C=O) groups excluding carboxylic acids is 2. The zero-order valence-corrected chi connectivity index (χ0v) is 22.7. The number of nitrogens with one attached hydrogen (secondary N) is 2. The molecule has 1 aliphatic heterocycles. The fourth-order valence-corrected chi connectivity index (χ4v) is 6.17. The smallest absolute Gasteiger partial charge is 0.259 e. The van der Waals surface area contributed by atoms with E-state index in [4.69, 9.17) is 9.47 Å². The predicted octanol–water partition coefficient (Wildman–Crippen LogP) is 7.01. The maximum absolute atomic E-state index is 13.4. The molecule has 2 aromatic heterocycles. The number of imide groups is 1. The molecule has 7 aromatic rings. The van der Waals surface area contributed by atoms with Gasteiger partial charge in [-0.3, -0.25) is 14.9 Å². The highest BCUT2D eigenvalue weighted by Gasteiger charge is 2.35. The van der Waals surface area contributed by atoms with Crippen molar-refractivity contribution in [3.63, 3.8) is 0 Å². The number of nitrogens with zero attached hydrogens (tertiary/aromatic N) is 1. The number of fused-ring (bicyclic) bond motifs is 10. The van der Waals surface area contributed by atoms with E-state index in [0.29, 0.717) is 41.2 Å². The van der Waals surface area contributed by atoms with Gasteiger partial charge in [0.2, 0.25) is 0 Å². The highest BCUT2D eigenvalue weighted by Crippen LogP contribution is 2.44. The average molecular weight is 552 g/mol. The number of aromatic nitrogens is 2. The first-order chi connectivity index (χ1) is 20.6. The summed E-state index contributed by atoms with van der Waals surface area (Å²) in [5.74, 6) is 0.583. The fourth-order valence-electron chi connectivity index (χ4n) is 6.17. The van der Waals surface area contributed by atoms with Crippen LogP contribution in [0.1, 0.15) is 31.8 Å². The lowest BCUT2D eigenvalue weighted by molar-refractivity contribution is 0.0880. The Hall–Kier alpha value is -5.56. The zero-order valence-electron chi connectivity index (χ0n) is 22.7. The topological polar surface area (TPSA) is 85.3 Å². The van der Waals surface area contributed by atoms with Crippen LogP contribution in [0.5, 0.6) is 11.5 Å². The summed E-state index contributed by atoms with van der Waals surface area (Å²) in [4.78, 5) is 30.2. The van der Waals surface area contributed by atoms with Crippen molar-refractivity contribution in [2.24, 2.45) is 7.05 Å². The highest BCUT2D eigenvalue weighted by atomic mass is 16.5. The molecular weight excluding hydrogens is 526 g/mol. The number of aryl methyl sites for hydroxylation is 1. The molecule has 0 unspecified atom stereocenters. The normalized spacial score (nSPS) is 12.9. The van der Waals surface area contributed by atoms with Crippen molar-refractivity contribution in [2.45, 2.75) is 13.2 Å². The third-order valence-electron chi connectivity index (χ3n) is 8.11. The van der Waals surface area contributed by atoms with E-state index in [0.717, 1.165) is 49.4 Å². The van der Waals surface area contributed by atoms with E-state index in [9.17, 15) is 9.59 Å². The molecule has 5 aromatic carbocycles. The average Bonchev–Trinajstić information content (AvgIpc) is 3.64. The van der Waals surface area contributed by atoms with Crippen molar-refractivity contribution < 1.29 is 19.1 Å². The minimum absolute atomic E-state index is 0.386. The van der Waals surface area contributed by atoms with E-state index < -0.39 is 11.8 Å². The zero-order chi connectivity index (χ0) is 28.4. The number of hydrogen-bond donors (Lipinski definition) is 2. The Bertz CT molecular complexity index is 2210. The summed E-state index contributed by atoms with van der Waals surface area (Å²) in [7, 11) is 1.98. The Morgan fingerprint density at radius 2 is 1.24 bits per heavy atom. The monoisotopic (exact) mass is 551 g/mol. The second-order valence-corrected chi connectivity index (χ2v) is 10.6. The number of hydrogen-bond acceptors (Lipinski definition) is 4. The number of benzene rings is 5. The first kappa shape index (κ1) is 24.3. The quantitative estimate of drug-likeness (QED) is 0.218. The van der Waals surface area contributed by atoms with Gasteiger partial charge in [-0.05, 0) is 47.5 Å². The summed E-state index contributed by atoms with van der Waals surface area (Å²) in [6.45, 7) is 0.850. The Morgan fingerprint density at radius 3 is 1.88 bits per heavy atom. The maximum Gasteiger partial charge on any atom is 0.259 e. The van der Waals surface area contributed by atoms with Gasteiger partial charge < -0.3 is 19.0 Å². The van der Waals surface area contributed by atoms with Crippen LogP contribution < -0.4 is 14.8 Å². The Labute approximate surface area is 240 Å². The first-order valence-electron chi connectivity index (χ1n) is 13.8. The van der Waals surface area contributed by atoms with Crippen molar-refractivity contribution in [1.29, 1.82) is 0 Å². The standard InChI is InChI=1S/C35H25N3O4/c1-38-27-15-13-23(42-19-21-10-6-3-7-11-21)17-25(27)29-31-30(34(39)37-35(31)40)28-24-16-22(41-18-20-8-4-2-5-9-20)12-14-26(24)36-32(28)33(29)38/h2-17,36H,18-19H2,1H3,(H,37,39,40). The van der Waals surface area contributed by atoms with Crippen LogP contribution in [0.15, 0.2) is 97.1 Å². The van der Waals surface area contributed by atoms with Gasteiger partial charge in [-0.2, -0.15) is 0 Å². The van der Waals surface area contributed by atoms with Gasteiger partial charge in [-0.1, -0.05) is 60.7 Å². The lowest BCUT2D eigenvalue weighted by atomic mass is 9.96. The van der Waals surface area contributed by atoms with Crippen LogP contribution in [0.4, 0.5) is 0 Å². The van der Waals surface area contributed by atoms with Crippen molar-refractivity contribution in [3.05, 3.63) is 119 Å². The van der Waals surface area contributed by atoms with Gasteiger partial charge >= 0.3 is 0 Å². The van der Waals surface area contributed by atoms with Crippen LogP contribution in [0, 0.1) is 0 Å². The number of ether oxygens (including phenoxy) is 2. The molecule has 0 saturated heterocycles. The molecule has 204 valence electrons. The summed E-state index contributed by atoms with van der Waals surface area (Å²) in [6, 6.07) is 31.7. The second kappa shape index (κ2) is 9.24. The number of H-pyrrole nitrogens is 1. The van der Waals surface area contributed by atoms with Gasteiger partial charge in [-0.15, -0.1) is 0 Å². The molecule has 0 atom stereocenters. The Morgan fingerprint density at radius 1 is 0.667 bits per heavy atom. The molecule has 7 heteroatoms. The molecule has 0 saturated carbocycles. The van der Waals surface area contributed by atoms with Crippen molar-refractivity contribution in [2.75, 3.05) is 0 Å². The summed E-state index contributed by atoms with van der Waals surface area (Å²) < 4.78 is 14.3. The molecule has 0 bridgehead atoms. The number of amides is 2. The van der Waals surface area contributed by atoms with Crippen LogP contribution in [-0.4, -0.2) is 21.4 Å². The molecule has 0 fully saturated rings. The summed E-state index contributed by atoms with van der Waals surface area (Å²) in [5, 5.41) is 5.68. The highest BCUT2D eigenvalue weighted by molar-refractivity contribution is 6.39. The molecule has 2 N–H and O–H groups in total. The van der Waals surface area contributed by atoms with E-state index >= 15 is 0 Å². The molecule has 8 rings (SSSR count). The second-order valence-electron chi connectivity index (χ2n) is 10.6. The summed E-state index contributed by atoms with van der Waals surface area (Å²) in [6.07, 6.45) is 0. The molecule has 42 heavy (non-hydrogen) atoms. The van der Waals surface area contributed by atoms with Crippen LogP contribution in [-0.2, 0) is 20.3 Å². The van der Waals surface area contributed by atoms with Crippen LogP contribution in [0.3, 0.4) is 0 Å². The molecule has 0 spiro atoms. The molecule has 7 nitrogen and oxygen atoms in total. The Kier molecular flexibility index (Phi) is 5.34. The lowest BCUT2D eigenvalue weighted by Crippen LogP contribution is -2.20. The minimum atomic E-state index is -0.396. The van der Waals surface area contributed by atoms with Gasteiger partial charge in [0.05, 0.1) is 22.2 Å². The predicted molar refractivity (Wildman–Crippen MR) is 163 cm³/mol. The maximum atomic E-state index is 13.4. The fraction of sp³-hybridized carbons (Fsp3) is 0.0857. The van der Waals surface area contributed by atoms with Gasteiger partial charge in [0.1, 0.15) is 24.7 Å². The van der Waals surface area contributed by atoms with Crippen molar-refractivity contribution >= 4 is 55.4 Å². The number of carbonyl (C=O) groups is 2. The minimum Gasteiger partial charge on any atom is -0.489 e. The lowest BCUT2D eigenvalue weighted by Gasteiger charge is -2.07. The molecule has 0 radical (unpaired) electrons. The first-order valence-corrected chi connectivity index (χ1v) is 13.8. The van der Waals surface area contributed by atoms with E-state index in [-0.39, 0.29) is 0 Å². The van der Waals surface area contributed by atoms with E-state index in [1.165, 1.54) is 0 Å². The Balaban J connectivity index is 1.32. The molecular formula is C35H25N3O4. The molecule has 0 aliphatic carbocycles. The van der Waals surface area contributed by atoms with Crippen LogP contribution >= 0.6 is 0 Å². The molecule has 2 amide bonds. The van der Waals surface area contributed by atoms with Crippen LogP contribution in [0.2, 0.25) is 0 Å².